The summed E-state index contributed by atoms with van der Waals surface area (Å²) in [6.45, 7) is 0. The van der Waals surface area contributed by atoms with Crippen LogP contribution in [0.25, 0.3) is 27.6 Å². The average molecular weight is 511 g/mol. The molecule has 10 heteroatoms. The molecule has 1 amide bonds. The number of aromatic nitrogens is 3. The second kappa shape index (κ2) is 9.50. The van der Waals surface area contributed by atoms with Crippen molar-refractivity contribution in [2.24, 2.45) is 0 Å². The molecule has 2 aromatic carbocycles. The second-order valence-corrected chi connectivity index (χ2v) is 8.47. The number of allylic oxidation sites excluding steroid dienone is 4. The summed E-state index contributed by atoms with van der Waals surface area (Å²) in [5.41, 5.74) is 4.01. The third-order valence-electron chi connectivity index (χ3n) is 5.48. The number of benzene rings is 2. The van der Waals surface area contributed by atoms with Gasteiger partial charge in [-0.1, -0.05) is 29.8 Å². The van der Waals surface area contributed by atoms with Crippen molar-refractivity contribution < 1.29 is 22.7 Å². The lowest BCUT2D eigenvalue weighted by Gasteiger charge is -2.10. The van der Waals surface area contributed by atoms with E-state index >= 15 is 0 Å². The van der Waals surface area contributed by atoms with Gasteiger partial charge in [0, 0.05) is 39.6 Å². The monoisotopic (exact) mass is 510 g/mol. The molecule has 36 heavy (non-hydrogen) atoms. The minimum Gasteiger partial charge on any atom is -0.406 e. The number of alkyl halides is 3. The summed E-state index contributed by atoms with van der Waals surface area (Å²) < 4.78 is 42.2. The van der Waals surface area contributed by atoms with E-state index in [1.54, 1.807) is 18.5 Å². The van der Waals surface area contributed by atoms with Crippen molar-refractivity contribution >= 4 is 39.8 Å². The van der Waals surface area contributed by atoms with Crippen LogP contribution >= 0.6 is 11.6 Å². The second-order valence-electron chi connectivity index (χ2n) is 8.04. The first-order valence-corrected chi connectivity index (χ1v) is 11.3. The summed E-state index contributed by atoms with van der Waals surface area (Å²) in [7, 11) is 0. The fraction of sp³-hybridized carbons (Fsp3) is 0.115. The lowest BCUT2D eigenvalue weighted by Crippen LogP contribution is -2.20. The van der Waals surface area contributed by atoms with Crippen LogP contribution in [-0.2, 0) is 0 Å². The number of amides is 1. The van der Waals surface area contributed by atoms with E-state index in [2.05, 4.69) is 26.2 Å². The summed E-state index contributed by atoms with van der Waals surface area (Å²) >= 11 is 6.16. The van der Waals surface area contributed by atoms with Gasteiger partial charge in [0.2, 0.25) is 0 Å². The Labute approximate surface area is 208 Å². The van der Waals surface area contributed by atoms with E-state index in [0.29, 0.717) is 16.3 Å². The molecule has 0 unspecified atom stereocenters. The molecule has 0 saturated carbocycles. The topological polar surface area (TPSA) is 69.0 Å². The number of halogens is 4. The number of hydrogen-bond donors (Lipinski definition) is 1. The van der Waals surface area contributed by atoms with E-state index in [-0.39, 0.29) is 11.4 Å². The van der Waals surface area contributed by atoms with E-state index in [4.69, 9.17) is 11.6 Å². The highest BCUT2D eigenvalue weighted by molar-refractivity contribution is 6.31. The van der Waals surface area contributed by atoms with Crippen molar-refractivity contribution in [2.45, 2.75) is 19.2 Å². The van der Waals surface area contributed by atoms with Crippen LogP contribution in [0.5, 0.6) is 5.75 Å². The Kier molecular flexibility index (Phi) is 6.24. The van der Waals surface area contributed by atoms with Gasteiger partial charge in [-0.25, -0.2) is 4.79 Å². The first kappa shape index (κ1) is 23.6. The Bertz CT molecular complexity index is 1510. The number of nitrogens with zero attached hydrogens (tertiary/aromatic N) is 3. The highest BCUT2D eigenvalue weighted by Gasteiger charge is 2.31. The number of hydrogen-bond acceptors (Lipinski definition) is 4. The number of carbonyl (C=O) groups excluding carboxylic acids is 1. The Balaban J connectivity index is 1.47. The molecule has 1 aliphatic carbocycles. The highest BCUT2D eigenvalue weighted by Crippen LogP contribution is 2.32. The average Bonchev–Trinajstić information content (AvgIpc) is 3.30. The van der Waals surface area contributed by atoms with Crippen LogP contribution in [0.2, 0.25) is 5.02 Å². The van der Waals surface area contributed by atoms with Gasteiger partial charge in [0.15, 0.2) is 0 Å². The molecule has 0 spiro atoms. The van der Waals surface area contributed by atoms with Crippen LogP contribution < -0.4 is 10.1 Å². The molecular formula is C26H18ClF3N4O2. The minimum absolute atomic E-state index is 0.284. The normalized spacial score (nSPS) is 13.5. The summed E-state index contributed by atoms with van der Waals surface area (Å²) in [4.78, 5) is 17.5. The molecule has 0 fully saturated rings. The number of rotatable bonds is 4. The molecular weight excluding hydrogens is 493 g/mol. The molecule has 0 aliphatic heterocycles. The zero-order valence-corrected chi connectivity index (χ0v) is 19.3. The van der Waals surface area contributed by atoms with Gasteiger partial charge in [0.1, 0.15) is 11.4 Å². The fourth-order valence-corrected chi connectivity index (χ4v) is 4.04. The number of ether oxygens (including phenoxy) is 1. The molecule has 4 aromatic rings. The van der Waals surface area contributed by atoms with Crippen molar-refractivity contribution in [3.05, 3.63) is 89.9 Å². The Hall–Kier alpha value is -4.11. The number of carbonyl (C=O) groups is 1. The van der Waals surface area contributed by atoms with E-state index in [1.807, 2.05) is 30.4 Å². The van der Waals surface area contributed by atoms with Crippen LogP contribution in [-0.4, -0.2) is 27.2 Å². The molecule has 182 valence electrons. The maximum Gasteiger partial charge on any atom is 0.573 e. The first-order valence-electron chi connectivity index (χ1n) is 10.9. The van der Waals surface area contributed by atoms with Gasteiger partial charge in [-0.15, -0.1) is 13.2 Å². The fourth-order valence-electron chi connectivity index (χ4n) is 3.86. The minimum atomic E-state index is -4.79. The molecule has 1 N–H and O–H groups in total. The SMILES string of the molecule is O=C(Nc1ccc(OC(F)(F)F)cc1)n1cc(-c2cnc3ccc(Cl)cc3c2)c(C2=CCCC=C2)n1. The van der Waals surface area contributed by atoms with Gasteiger partial charge >= 0.3 is 12.4 Å². The van der Waals surface area contributed by atoms with E-state index in [0.717, 1.165) is 51.7 Å². The molecule has 2 heterocycles. The number of fused-ring (bicyclic) bond motifs is 1. The molecule has 0 radical (unpaired) electrons. The predicted molar refractivity (Wildman–Crippen MR) is 132 cm³/mol. The lowest BCUT2D eigenvalue weighted by atomic mass is 9.98. The Morgan fingerprint density at radius 1 is 1.08 bits per heavy atom. The van der Waals surface area contributed by atoms with Crippen LogP contribution in [0.3, 0.4) is 0 Å². The van der Waals surface area contributed by atoms with Crippen molar-refractivity contribution in [3.63, 3.8) is 0 Å². The molecule has 2 aromatic heterocycles. The lowest BCUT2D eigenvalue weighted by molar-refractivity contribution is -0.274. The number of pyridine rings is 1. The van der Waals surface area contributed by atoms with Crippen molar-refractivity contribution in [1.82, 2.24) is 14.8 Å². The molecule has 1 aliphatic rings. The summed E-state index contributed by atoms with van der Waals surface area (Å²) in [6, 6.07) is 11.6. The molecule has 6 nitrogen and oxygen atoms in total. The number of nitrogens with one attached hydrogen (secondary N) is 1. The maximum absolute atomic E-state index is 13.0. The summed E-state index contributed by atoms with van der Waals surface area (Å²) in [5.74, 6) is -0.385. The van der Waals surface area contributed by atoms with Crippen LogP contribution in [0.15, 0.2) is 79.2 Å². The molecule has 0 bridgehead atoms. The van der Waals surface area contributed by atoms with Crippen molar-refractivity contribution in [3.8, 4) is 16.9 Å². The zero-order valence-electron chi connectivity index (χ0n) is 18.6. The van der Waals surface area contributed by atoms with Gasteiger partial charge in [0.05, 0.1) is 5.52 Å². The van der Waals surface area contributed by atoms with Gasteiger partial charge in [-0.05, 0) is 66.9 Å². The van der Waals surface area contributed by atoms with Crippen LogP contribution in [0.1, 0.15) is 18.5 Å². The van der Waals surface area contributed by atoms with Gasteiger partial charge in [-0.2, -0.15) is 9.78 Å². The maximum atomic E-state index is 13.0. The zero-order chi connectivity index (χ0) is 25.3. The highest BCUT2D eigenvalue weighted by atomic mass is 35.5. The molecule has 0 atom stereocenters. The Morgan fingerprint density at radius 3 is 2.61 bits per heavy atom. The van der Waals surface area contributed by atoms with Crippen LogP contribution in [0, 0.1) is 0 Å². The quantitative estimate of drug-likeness (QED) is 0.309. The van der Waals surface area contributed by atoms with E-state index in [1.165, 1.54) is 12.1 Å². The van der Waals surface area contributed by atoms with Gasteiger partial charge in [0.25, 0.3) is 0 Å². The van der Waals surface area contributed by atoms with Crippen LogP contribution in [0.4, 0.5) is 23.7 Å². The molecule has 5 rings (SSSR count). The van der Waals surface area contributed by atoms with Gasteiger partial charge in [-0.3, -0.25) is 4.98 Å². The third kappa shape index (κ3) is 5.26. The van der Waals surface area contributed by atoms with E-state index < -0.39 is 12.4 Å². The largest absolute Gasteiger partial charge is 0.573 e. The van der Waals surface area contributed by atoms with E-state index in [9.17, 15) is 18.0 Å². The molecule has 0 saturated heterocycles. The van der Waals surface area contributed by atoms with Gasteiger partial charge < -0.3 is 10.1 Å². The Morgan fingerprint density at radius 2 is 1.89 bits per heavy atom. The predicted octanol–water partition coefficient (Wildman–Crippen LogP) is 7.46. The number of anilines is 1. The van der Waals surface area contributed by atoms with Crippen molar-refractivity contribution in [2.75, 3.05) is 5.32 Å². The summed E-state index contributed by atoms with van der Waals surface area (Å²) in [6.07, 6.45) is 6.35. The third-order valence-corrected chi connectivity index (χ3v) is 5.72. The first-order chi connectivity index (χ1) is 17.2. The van der Waals surface area contributed by atoms with Crippen molar-refractivity contribution in [1.29, 1.82) is 0 Å². The standard InChI is InChI=1S/C26H18ClF3N4O2/c27-19-6-11-23-17(13-19)12-18(14-31-23)22-15-34(33-24(22)16-4-2-1-3-5-16)25(35)32-20-7-9-21(10-8-20)36-26(28,29)30/h2,4-15H,1,3H2,(H,32,35). The summed E-state index contributed by atoms with van der Waals surface area (Å²) in [5, 5.41) is 8.59. The smallest absolute Gasteiger partial charge is 0.406 e.